The number of methoxy groups -OCH3 is 1. The Morgan fingerprint density at radius 2 is 1.66 bits per heavy atom. The summed E-state index contributed by atoms with van der Waals surface area (Å²) in [7, 11) is 3.33. The van der Waals surface area contributed by atoms with Gasteiger partial charge in [-0.1, -0.05) is 12.1 Å². The second kappa shape index (κ2) is 17.4. The highest BCUT2D eigenvalue weighted by molar-refractivity contribution is 6.03. The van der Waals surface area contributed by atoms with Crippen LogP contribution >= 0.6 is 0 Å². The maximum Gasteiger partial charge on any atom is 0.359 e. The zero-order valence-electron chi connectivity index (χ0n) is 34.6. The number of ether oxygens (including phenoxy) is 1. The first-order valence-corrected chi connectivity index (χ1v) is 20.4. The van der Waals surface area contributed by atoms with Crippen molar-refractivity contribution >= 4 is 29.4 Å². The molecule has 15 nitrogen and oxygen atoms in total. The summed E-state index contributed by atoms with van der Waals surface area (Å²) < 4.78 is 25.0. The number of rotatable bonds is 13. The van der Waals surface area contributed by atoms with E-state index in [0.29, 0.717) is 120 Å². The van der Waals surface area contributed by atoms with E-state index < -0.39 is 11.9 Å². The molecule has 3 aliphatic rings. The van der Waals surface area contributed by atoms with Crippen molar-refractivity contribution in [2.45, 2.75) is 40.2 Å². The molecule has 16 heteroatoms. The number of halogens is 1. The average Bonchev–Trinajstić information content (AvgIpc) is 3.77. The molecular formula is C43H55FN9O6+. The summed E-state index contributed by atoms with van der Waals surface area (Å²) in [6.45, 7) is 12.4. The number of benzene rings is 2. The van der Waals surface area contributed by atoms with E-state index in [-0.39, 0.29) is 35.9 Å². The molecule has 314 valence electrons. The van der Waals surface area contributed by atoms with Crippen LogP contribution in [0, 0.1) is 38.4 Å². The van der Waals surface area contributed by atoms with Gasteiger partial charge in [-0.05, 0) is 50.1 Å². The summed E-state index contributed by atoms with van der Waals surface area (Å²) in [4.78, 5) is 60.4. The third-order valence-electron chi connectivity index (χ3n) is 12.6. The number of aliphatic carboxylic acids is 1. The fraction of sp³-hybridized carbons (Fsp3) is 0.488. The van der Waals surface area contributed by atoms with Crippen LogP contribution in [0.2, 0.25) is 0 Å². The van der Waals surface area contributed by atoms with Gasteiger partial charge in [0.25, 0.3) is 11.8 Å². The highest BCUT2D eigenvalue weighted by atomic mass is 19.1. The third-order valence-corrected chi connectivity index (χ3v) is 12.6. The number of carboxylic acids is 1. The van der Waals surface area contributed by atoms with Crippen LogP contribution in [0.5, 0.6) is 0 Å². The lowest BCUT2D eigenvalue weighted by Crippen LogP contribution is -2.62. The van der Waals surface area contributed by atoms with Gasteiger partial charge >= 0.3 is 5.97 Å². The molecule has 0 spiro atoms. The second-order valence-corrected chi connectivity index (χ2v) is 16.4. The van der Waals surface area contributed by atoms with E-state index in [1.807, 2.05) is 24.8 Å². The predicted octanol–water partition coefficient (Wildman–Crippen LogP) is 3.73. The van der Waals surface area contributed by atoms with E-state index in [9.17, 15) is 24.3 Å². The smallest absolute Gasteiger partial charge is 0.359 e. The van der Waals surface area contributed by atoms with E-state index in [4.69, 9.17) is 4.74 Å². The summed E-state index contributed by atoms with van der Waals surface area (Å²) in [6, 6.07) is 8.69. The Hall–Kier alpha value is -5.45. The first-order valence-electron chi connectivity index (χ1n) is 20.4. The molecule has 3 N–H and O–H groups in total. The van der Waals surface area contributed by atoms with Crippen molar-refractivity contribution in [3.05, 3.63) is 76.8 Å². The van der Waals surface area contributed by atoms with Gasteiger partial charge in [-0.25, -0.2) is 14.2 Å². The van der Waals surface area contributed by atoms with E-state index in [0.717, 1.165) is 25.3 Å². The molecule has 3 aliphatic heterocycles. The monoisotopic (exact) mass is 812 g/mol. The summed E-state index contributed by atoms with van der Waals surface area (Å²) in [5, 5.41) is 20.2. The summed E-state index contributed by atoms with van der Waals surface area (Å²) >= 11 is 0. The highest BCUT2D eigenvalue weighted by Gasteiger charge is 2.42. The molecule has 0 saturated carbocycles. The Balaban J connectivity index is 0.939. The first-order chi connectivity index (χ1) is 28.3. The Morgan fingerprint density at radius 3 is 2.31 bits per heavy atom. The van der Waals surface area contributed by atoms with Gasteiger partial charge in [0.05, 0.1) is 50.9 Å². The molecule has 2 aromatic heterocycles. The number of likely N-dealkylation sites (tertiary alicyclic amines) is 1. The van der Waals surface area contributed by atoms with Crippen molar-refractivity contribution < 1.29 is 37.9 Å². The zero-order chi connectivity index (χ0) is 42.0. The minimum atomic E-state index is -0.792. The number of imidazole rings is 1. The van der Waals surface area contributed by atoms with Crippen LogP contribution in [-0.2, 0) is 27.9 Å². The first kappa shape index (κ1) is 41.7. The molecule has 2 aromatic carbocycles. The number of hydrogen-bond donors (Lipinski definition) is 3. The number of carbonyl (C=O) groups excluding carboxylic acids is 3. The summed E-state index contributed by atoms with van der Waals surface area (Å²) in [5.41, 5.74) is 5.30. The van der Waals surface area contributed by atoms with Crippen molar-refractivity contribution in [2.75, 3.05) is 84.5 Å². The van der Waals surface area contributed by atoms with Gasteiger partial charge < -0.3 is 39.3 Å². The van der Waals surface area contributed by atoms with Gasteiger partial charge in [0.15, 0.2) is 12.4 Å². The van der Waals surface area contributed by atoms with Crippen molar-refractivity contribution in [1.29, 1.82) is 0 Å². The average molecular weight is 813 g/mol. The fourth-order valence-corrected chi connectivity index (χ4v) is 8.96. The molecule has 3 amide bonds. The SMILES string of the molecule is COCCn1ncc(-c2ccc(-c3cnc(C(=O)Nc4ccc(C(=O)N5CCN(C(=O)[C@H]6CC[N@+](CC(=O)O)(CC7CNC7)CC6)CC5)c(C)c4)n3C)c(C)c2F)c1C. The minimum Gasteiger partial charge on any atom is -0.477 e. The van der Waals surface area contributed by atoms with Gasteiger partial charge in [0.1, 0.15) is 5.82 Å². The van der Waals surface area contributed by atoms with Crippen LogP contribution in [0.15, 0.2) is 42.7 Å². The minimum absolute atomic E-state index is 0.0976. The van der Waals surface area contributed by atoms with Crippen molar-refractivity contribution in [3.8, 4) is 22.4 Å². The number of amides is 3. The van der Waals surface area contributed by atoms with Gasteiger partial charge in [0.2, 0.25) is 5.91 Å². The number of quaternary nitrogens is 1. The molecule has 0 bridgehead atoms. The molecule has 0 aliphatic carbocycles. The van der Waals surface area contributed by atoms with Crippen molar-refractivity contribution in [3.63, 3.8) is 0 Å². The lowest BCUT2D eigenvalue weighted by atomic mass is 9.90. The van der Waals surface area contributed by atoms with E-state index >= 15 is 4.39 Å². The van der Waals surface area contributed by atoms with E-state index in [1.54, 1.807) is 71.9 Å². The Bertz CT molecular complexity index is 2230. The largest absolute Gasteiger partial charge is 0.477 e. The van der Waals surface area contributed by atoms with Crippen LogP contribution in [0.1, 0.15) is 50.6 Å². The van der Waals surface area contributed by atoms with E-state index in [1.165, 1.54) is 0 Å². The van der Waals surface area contributed by atoms with E-state index in [2.05, 4.69) is 20.7 Å². The molecule has 7 rings (SSSR count). The lowest BCUT2D eigenvalue weighted by molar-refractivity contribution is -0.929. The number of piperidine rings is 1. The molecule has 0 radical (unpaired) electrons. The second-order valence-electron chi connectivity index (χ2n) is 16.4. The van der Waals surface area contributed by atoms with Crippen LogP contribution in [0.25, 0.3) is 22.4 Å². The van der Waals surface area contributed by atoms with Gasteiger partial charge in [-0.2, -0.15) is 5.10 Å². The van der Waals surface area contributed by atoms with Crippen LogP contribution in [-0.4, -0.2) is 142 Å². The Morgan fingerprint density at radius 1 is 0.966 bits per heavy atom. The van der Waals surface area contributed by atoms with Crippen molar-refractivity contribution in [2.24, 2.45) is 18.9 Å². The number of carboxylic acid groups (broad SMARTS) is 1. The number of nitrogens with zero attached hydrogens (tertiary/aromatic N) is 7. The normalized spacial score (nSPS) is 19.7. The third kappa shape index (κ3) is 8.66. The quantitative estimate of drug-likeness (QED) is 0.171. The number of carbonyl (C=O) groups is 4. The Kier molecular flexibility index (Phi) is 12.3. The lowest BCUT2D eigenvalue weighted by Gasteiger charge is -2.46. The van der Waals surface area contributed by atoms with Gasteiger partial charge in [0, 0.05) is 112 Å². The number of anilines is 1. The number of nitrogens with one attached hydrogen (secondary N) is 2. The molecule has 3 fully saturated rings. The maximum absolute atomic E-state index is 15.9. The Labute approximate surface area is 343 Å². The van der Waals surface area contributed by atoms with Crippen LogP contribution < -0.4 is 10.6 Å². The van der Waals surface area contributed by atoms with Crippen LogP contribution in [0.3, 0.4) is 0 Å². The van der Waals surface area contributed by atoms with Gasteiger partial charge in [-0.15, -0.1) is 0 Å². The zero-order valence-corrected chi connectivity index (χ0v) is 34.6. The molecule has 59 heavy (non-hydrogen) atoms. The molecule has 4 aromatic rings. The van der Waals surface area contributed by atoms with Crippen molar-refractivity contribution in [1.82, 2.24) is 34.4 Å². The van der Waals surface area contributed by atoms with Crippen LogP contribution in [0.4, 0.5) is 10.1 Å². The highest BCUT2D eigenvalue weighted by Crippen LogP contribution is 2.34. The maximum atomic E-state index is 15.9. The fourth-order valence-electron chi connectivity index (χ4n) is 8.96. The molecule has 0 atom stereocenters. The molecule has 0 unspecified atom stereocenters. The summed E-state index contributed by atoms with van der Waals surface area (Å²) in [5.74, 6) is -1.15. The number of aryl methyl sites for hydroxylation is 1. The number of piperazine rings is 1. The van der Waals surface area contributed by atoms with Gasteiger partial charge in [-0.3, -0.25) is 19.1 Å². The standard InChI is InChI=1S/C43H54FN9O6/c1-27-20-32(48-41(56)40-46-24-37(49(40)4)34-8-9-35(39(44)28(34)2)36-23-47-52(29(36)3)16-19-59-5)6-7-33(27)43(58)51-14-12-50(13-15-51)42(57)31-10-17-53(18-11-31,26-38(54)55)25-30-21-45-22-30/h6-9,20,23-24,30-31,45H,10-19,21-22,25-26H2,1-5H3,(H-,48,54,55,56,58)/p+1/t31-,53+. The number of aromatic nitrogens is 4. The summed E-state index contributed by atoms with van der Waals surface area (Å²) in [6.07, 6.45) is 4.56. The topological polar surface area (TPSA) is 164 Å². The number of hydrogen-bond acceptors (Lipinski definition) is 8. The molecule has 3 saturated heterocycles. The molecular weight excluding hydrogens is 758 g/mol. The predicted molar refractivity (Wildman–Crippen MR) is 219 cm³/mol. The molecule has 5 heterocycles.